The van der Waals surface area contributed by atoms with Crippen LogP contribution in [0.4, 0.5) is 5.82 Å². The Morgan fingerprint density at radius 2 is 1.96 bits per heavy atom. The topological polar surface area (TPSA) is 66.5 Å². The molecule has 0 atom stereocenters. The van der Waals surface area contributed by atoms with Crippen LogP contribution in [-0.2, 0) is 6.42 Å². The van der Waals surface area contributed by atoms with E-state index in [2.05, 4.69) is 21.7 Å². The van der Waals surface area contributed by atoms with Gasteiger partial charge in [-0.2, -0.15) is 0 Å². The normalized spacial score (nSPS) is 10.6. The Bertz CT molecular complexity index is 671. The maximum atomic E-state index is 12.0. The standard InChI is InChI=1S/C19H26N4O2/c1-23(2)13-12-21-19(24)16-8-9-18(22-14-16)20-11-10-15-6-4-5-7-17(15)25-3/h4-9,14H,10-13H2,1-3H3,(H,20,22)(H,21,24). The quantitative estimate of drug-likeness (QED) is 0.730. The summed E-state index contributed by atoms with van der Waals surface area (Å²) in [6.45, 7) is 2.16. The molecule has 0 aliphatic heterocycles. The summed E-state index contributed by atoms with van der Waals surface area (Å²) >= 11 is 0. The zero-order valence-corrected chi connectivity index (χ0v) is 15.1. The van der Waals surface area contributed by atoms with E-state index in [1.54, 1.807) is 19.4 Å². The van der Waals surface area contributed by atoms with E-state index in [1.165, 1.54) is 0 Å². The summed E-state index contributed by atoms with van der Waals surface area (Å²) in [6.07, 6.45) is 2.43. The van der Waals surface area contributed by atoms with Gasteiger partial charge in [0.05, 0.1) is 12.7 Å². The van der Waals surface area contributed by atoms with Crippen molar-refractivity contribution in [2.75, 3.05) is 46.2 Å². The molecule has 1 aromatic heterocycles. The predicted octanol–water partition coefficient (Wildman–Crippen LogP) is 2.04. The minimum Gasteiger partial charge on any atom is -0.496 e. The van der Waals surface area contributed by atoms with Crippen molar-refractivity contribution in [1.29, 1.82) is 0 Å². The van der Waals surface area contributed by atoms with Crippen LogP contribution in [0, 0.1) is 0 Å². The lowest BCUT2D eigenvalue weighted by Crippen LogP contribution is -2.31. The van der Waals surface area contributed by atoms with E-state index in [0.717, 1.165) is 36.6 Å². The number of pyridine rings is 1. The molecule has 2 aromatic rings. The van der Waals surface area contributed by atoms with Crippen molar-refractivity contribution in [3.05, 3.63) is 53.7 Å². The molecule has 0 saturated carbocycles. The first kappa shape index (κ1) is 18.7. The second-order valence-electron chi connectivity index (χ2n) is 5.98. The number of hydrogen-bond acceptors (Lipinski definition) is 5. The van der Waals surface area contributed by atoms with E-state index in [4.69, 9.17) is 4.74 Å². The van der Waals surface area contributed by atoms with Crippen LogP contribution in [0.25, 0.3) is 0 Å². The Labute approximate surface area is 149 Å². The van der Waals surface area contributed by atoms with Gasteiger partial charge in [0.2, 0.25) is 0 Å². The minimum atomic E-state index is -0.102. The summed E-state index contributed by atoms with van der Waals surface area (Å²) in [6, 6.07) is 11.6. The van der Waals surface area contributed by atoms with Gasteiger partial charge < -0.3 is 20.3 Å². The third kappa shape index (κ3) is 6.08. The van der Waals surface area contributed by atoms with Crippen LogP contribution < -0.4 is 15.4 Å². The maximum absolute atomic E-state index is 12.0. The Balaban J connectivity index is 1.81. The number of para-hydroxylation sites is 1. The van der Waals surface area contributed by atoms with E-state index in [0.29, 0.717) is 12.1 Å². The summed E-state index contributed by atoms with van der Waals surface area (Å²) in [5.41, 5.74) is 1.71. The van der Waals surface area contributed by atoms with Crippen LogP contribution in [0.1, 0.15) is 15.9 Å². The molecular weight excluding hydrogens is 316 g/mol. The number of ether oxygens (including phenoxy) is 1. The molecule has 0 spiro atoms. The Morgan fingerprint density at radius 3 is 2.64 bits per heavy atom. The average molecular weight is 342 g/mol. The average Bonchev–Trinajstić information content (AvgIpc) is 2.62. The molecule has 0 aliphatic carbocycles. The summed E-state index contributed by atoms with van der Waals surface area (Å²) in [5, 5.41) is 6.14. The van der Waals surface area contributed by atoms with Crippen molar-refractivity contribution in [3.63, 3.8) is 0 Å². The lowest BCUT2D eigenvalue weighted by molar-refractivity contribution is 0.0950. The first-order valence-electron chi connectivity index (χ1n) is 8.35. The van der Waals surface area contributed by atoms with Crippen LogP contribution in [0.2, 0.25) is 0 Å². The van der Waals surface area contributed by atoms with Crippen molar-refractivity contribution in [3.8, 4) is 5.75 Å². The van der Waals surface area contributed by atoms with Crippen molar-refractivity contribution in [2.45, 2.75) is 6.42 Å². The van der Waals surface area contributed by atoms with E-state index in [-0.39, 0.29) is 5.91 Å². The Kier molecular flexibility index (Phi) is 7.22. The highest BCUT2D eigenvalue weighted by Gasteiger charge is 2.06. The van der Waals surface area contributed by atoms with E-state index in [1.807, 2.05) is 43.3 Å². The van der Waals surface area contributed by atoms with Crippen LogP contribution >= 0.6 is 0 Å². The van der Waals surface area contributed by atoms with Gasteiger partial charge in [0.1, 0.15) is 11.6 Å². The van der Waals surface area contributed by atoms with Crippen LogP contribution in [0.15, 0.2) is 42.6 Å². The molecule has 0 saturated heterocycles. The zero-order chi connectivity index (χ0) is 18.1. The molecule has 6 nitrogen and oxygen atoms in total. The number of carbonyl (C=O) groups excluding carboxylic acids is 1. The van der Waals surface area contributed by atoms with E-state index < -0.39 is 0 Å². The Hall–Kier alpha value is -2.60. The predicted molar refractivity (Wildman–Crippen MR) is 100 cm³/mol. The van der Waals surface area contributed by atoms with Crippen molar-refractivity contribution < 1.29 is 9.53 Å². The van der Waals surface area contributed by atoms with Crippen molar-refractivity contribution >= 4 is 11.7 Å². The number of rotatable bonds is 9. The fourth-order valence-electron chi connectivity index (χ4n) is 2.36. The summed E-state index contributed by atoms with van der Waals surface area (Å²) in [5.74, 6) is 1.54. The summed E-state index contributed by atoms with van der Waals surface area (Å²) in [7, 11) is 5.62. The third-order valence-corrected chi connectivity index (χ3v) is 3.76. The number of nitrogens with zero attached hydrogens (tertiary/aromatic N) is 2. The first-order chi connectivity index (χ1) is 12.1. The van der Waals surface area contributed by atoms with Gasteiger partial charge in [-0.05, 0) is 44.3 Å². The molecule has 0 fully saturated rings. The van der Waals surface area contributed by atoms with Gasteiger partial charge in [0.15, 0.2) is 0 Å². The number of amides is 1. The molecule has 1 amide bonds. The maximum Gasteiger partial charge on any atom is 0.252 e. The molecule has 2 rings (SSSR count). The Morgan fingerprint density at radius 1 is 1.16 bits per heavy atom. The number of methoxy groups -OCH3 is 1. The smallest absolute Gasteiger partial charge is 0.252 e. The van der Waals surface area contributed by atoms with Gasteiger partial charge in [-0.3, -0.25) is 4.79 Å². The highest BCUT2D eigenvalue weighted by molar-refractivity contribution is 5.94. The summed E-state index contributed by atoms with van der Waals surface area (Å²) in [4.78, 5) is 18.3. The highest BCUT2D eigenvalue weighted by atomic mass is 16.5. The largest absolute Gasteiger partial charge is 0.496 e. The number of hydrogen-bond donors (Lipinski definition) is 2. The van der Waals surface area contributed by atoms with E-state index in [9.17, 15) is 4.79 Å². The number of carbonyl (C=O) groups is 1. The van der Waals surface area contributed by atoms with Gasteiger partial charge in [-0.1, -0.05) is 18.2 Å². The number of benzene rings is 1. The second-order valence-corrected chi connectivity index (χ2v) is 5.98. The molecule has 6 heteroatoms. The fraction of sp³-hybridized carbons (Fsp3) is 0.368. The summed E-state index contributed by atoms with van der Waals surface area (Å²) < 4.78 is 5.35. The number of nitrogens with one attached hydrogen (secondary N) is 2. The van der Waals surface area contributed by atoms with E-state index >= 15 is 0 Å². The lowest BCUT2D eigenvalue weighted by Gasteiger charge is -2.11. The molecular formula is C19H26N4O2. The fourth-order valence-corrected chi connectivity index (χ4v) is 2.36. The molecule has 2 N–H and O–H groups in total. The second kappa shape index (κ2) is 9.64. The van der Waals surface area contributed by atoms with Gasteiger partial charge in [0, 0.05) is 25.8 Å². The van der Waals surface area contributed by atoms with Gasteiger partial charge in [0.25, 0.3) is 5.91 Å². The molecule has 0 radical (unpaired) electrons. The van der Waals surface area contributed by atoms with Crippen LogP contribution in [0.3, 0.4) is 0 Å². The minimum absolute atomic E-state index is 0.102. The van der Waals surface area contributed by atoms with Crippen LogP contribution in [-0.4, -0.2) is 56.6 Å². The van der Waals surface area contributed by atoms with Gasteiger partial charge in [-0.25, -0.2) is 4.98 Å². The third-order valence-electron chi connectivity index (χ3n) is 3.76. The van der Waals surface area contributed by atoms with Gasteiger partial charge in [-0.15, -0.1) is 0 Å². The molecule has 1 aromatic carbocycles. The molecule has 25 heavy (non-hydrogen) atoms. The zero-order valence-electron chi connectivity index (χ0n) is 15.1. The SMILES string of the molecule is COc1ccccc1CCNc1ccc(C(=O)NCCN(C)C)cn1. The molecule has 0 unspecified atom stereocenters. The first-order valence-corrected chi connectivity index (χ1v) is 8.35. The number of likely N-dealkylation sites (N-methyl/N-ethyl adjacent to an activating group) is 1. The van der Waals surface area contributed by atoms with Crippen LogP contribution in [0.5, 0.6) is 5.75 Å². The molecule has 1 heterocycles. The molecule has 134 valence electrons. The highest BCUT2D eigenvalue weighted by Crippen LogP contribution is 2.17. The lowest BCUT2D eigenvalue weighted by atomic mass is 10.1. The van der Waals surface area contributed by atoms with Gasteiger partial charge >= 0.3 is 0 Å². The molecule has 0 bridgehead atoms. The van der Waals surface area contributed by atoms with Crippen molar-refractivity contribution in [1.82, 2.24) is 15.2 Å². The van der Waals surface area contributed by atoms with Crippen molar-refractivity contribution in [2.24, 2.45) is 0 Å². The monoisotopic (exact) mass is 342 g/mol. The number of aromatic nitrogens is 1. The molecule has 0 aliphatic rings. The number of anilines is 1.